The third kappa shape index (κ3) is 3.32. The summed E-state index contributed by atoms with van der Waals surface area (Å²) in [6.45, 7) is 1.67. The standard InChI is InChI=1S/C14H13ClN6O2/c1-8(16-14(22)23)13-19-18-12-6-5-11(20-21(12)13)17-10-4-2-3-9(15)7-10/h2-8,16H,1H3,(H,17,20)(H,22,23)/t8-/m1/s1. The van der Waals surface area contributed by atoms with Crippen molar-refractivity contribution in [1.29, 1.82) is 0 Å². The van der Waals surface area contributed by atoms with Crippen molar-refractivity contribution in [3.63, 3.8) is 0 Å². The fraction of sp³-hybridized carbons (Fsp3) is 0.143. The number of aromatic nitrogens is 4. The number of fused-ring (bicyclic) bond motifs is 1. The van der Waals surface area contributed by atoms with Gasteiger partial charge in [-0.1, -0.05) is 17.7 Å². The van der Waals surface area contributed by atoms with Crippen LogP contribution < -0.4 is 10.6 Å². The van der Waals surface area contributed by atoms with Gasteiger partial charge >= 0.3 is 6.09 Å². The molecule has 9 heteroatoms. The van der Waals surface area contributed by atoms with Crippen molar-refractivity contribution >= 4 is 34.8 Å². The van der Waals surface area contributed by atoms with Gasteiger partial charge in [-0.05, 0) is 37.3 Å². The minimum Gasteiger partial charge on any atom is -0.465 e. The topological polar surface area (TPSA) is 104 Å². The highest BCUT2D eigenvalue weighted by Gasteiger charge is 2.16. The Kier molecular flexibility index (Phi) is 3.98. The molecular formula is C14H13ClN6O2. The Labute approximate surface area is 136 Å². The molecular weight excluding hydrogens is 320 g/mol. The fourth-order valence-electron chi connectivity index (χ4n) is 2.11. The molecule has 3 N–H and O–H groups in total. The highest BCUT2D eigenvalue weighted by Crippen LogP contribution is 2.19. The summed E-state index contributed by atoms with van der Waals surface area (Å²) in [5, 5.41) is 27.2. The van der Waals surface area contributed by atoms with Crippen molar-refractivity contribution in [1.82, 2.24) is 25.1 Å². The van der Waals surface area contributed by atoms with Crippen LogP contribution in [0.15, 0.2) is 36.4 Å². The van der Waals surface area contributed by atoms with Crippen LogP contribution in [0.5, 0.6) is 0 Å². The summed E-state index contributed by atoms with van der Waals surface area (Å²) < 4.78 is 1.49. The molecule has 2 aromatic heterocycles. The number of carboxylic acid groups (broad SMARTS) is 1. The summed E-state index contributed by atoms with van der Waals surface area (Å²) in [6.07, 6.45) is -1.14. The van der Waals surface area contributed by atoms with Crippen LogP contribution in [0.1, 0.15) is 18.8 Å². The molecule has 3 rings (SSSR count). The second-order valence-corrected chi connectivity index (χ2v) is 5.29. The number of benzene rings is 1. The largest absolute Gasteiger partial charge is 0.465 e. The second-order valence-electron chi connectivity index (χ2n) is 4.85. The summed E-state index contributed by atoms with van der Waals surface area (Å²) in [5.74, 6) is 0.959. The van der Waals surface area contributed by atoms with E-state index in [-0.39, 0.29) is 0 Å². The Morgan fingerprint density at radius 3 is 2.87 bits per heavy atom. The van der Waals surface area contributed by atoms with Gasteiger partial charge < -0.3 is 15.7 Å². The van der Waals surface area contributed by atoms with Gasteiger partial charge in [0.2, 0.25) is 0 Å². The SMILES string of the molecule is C[C@@H](NC(=O)O)c1nnc2ccc(Nc3cccc(Cl)c3)nn12. The van der Waals surface area contributed by atoms with E-state index in [1.54, 1.807) is 31.2 Å². The Morgan fingerprint density at radius 1 is 1.30 bits per heavy atom. The molecule has 3 aromatic rings. The van der Waals surface area contributed by atoms with Gasteiger partial charge in [-0.25, -0.2) is 4.79 Å². The van der Waals surface area contributed by atoms with Crippen LogP contribution in [-0.2, 0) is 0 Å². The quantitative estimate of drug-likeness (QED) is 0.678. The first-order valence-corrected chi connectivity index (χ1v) is 7.15. The van der Waals surface area contributed by atoms with E-state index >= 15 is 0 Å². The third-order valence-electron chi connectivity index (χ3n) is 3.11. The average Bonchev–Trinajstić information content (AvgIpc) is 2.89. The van der Waals surface area contributed by atoms with Crippen molar-refractivity contribution in [2.75, 3.05) is 5.32 Å². The van der Waals surface area contributed by atoms with Crippen molar-refractivity contribution in [3.8, 4) is 0 Å². The summed E-state index contributed by atoms with van der Waals surface area (Å²) >= 11 is 5.95. The molecule has 1 atom stereocenters. The maximum absolute atomic E-state index is 10.8. The number of rotatable bonds is 4. The van der Waals surface area contributed by atoms with E-state index < -0.39 is 12.1 Å². The van der Waals surface area contributed by atoms with E-state index in [2.05, 4.69) is 25.9 Å². The van der Waals surface area contributed by atoms with Crippen LogP contribution in [-0.4, -0.2) is 31.0 Å². The number of nitrogens with one attached hydrogen (secondary N) is 2. The Hall–Kier alpha value is -2.87. The van der Waals surface area contributed by atoms with Gasteiger partial charge in [-0.2, -0.15) is 4.52 Å². The fourth-order valence-corrected chi connectivity index (χ4v) is 2.30. The Morgan fingerprint density at radius 2 is 2.13 bits per heavy atom. The highest BCUT2D eigenvalue weighted by molar-refractivity contribution is 6.30. The van der Waals surface area contributed by atoms with E-state index in [4.69, 9.17) is 16.7 Å². The number of amides is 1. The molecule has 0 saturated heterocycles. The zero-order chi connectivity index (χ0) is 16.4. The lowest BCUT2D eigenvalue weighted by Gasteiger charge is -2.10. The molecule has 0 radical (unpaired) electrons. The molecule has 23 heavy (non-hydrogen) atoms. The van der Waals surface area contributed by atoms with Gasteiger partial charge in [0.05, 0.1) is 6.04 Å². The predicted molar refractivity (Wildman–Crippen MR) is 85.1 cm³/mol. The van der Waals surface area contributed by atoms with Gasteiger partial charge in [0, 0.05) is 10.7 Å². The number of hydrogen-bond acceptors (Lipinski definition) is 5. The van der Waals surface area contributed by atoms with E-state index in [0.717, 1.165) is 5.69 Å². The van der Waals surface area contributed by atoms with Gasteiger partial charge in [-0.15, -0.1) is 15.3 Å². The Balaban J connectivity index is 1.92. The highest BCUT2D eigenvalue weighted by atomic mass is 35.5. The molecule has 0 spiro atoms. The van der Waals surface area contributed by atoms with Crippen LogP contribution in [0.4, 0.5) is 16.3 Å². The van der Waals surface area contributed by atoms with E-state index in [1.807, 2.05) is 12.1 Å². The molecule has 0 bridgehead atoms. The van der Waals surface area contributed by atoms with Crippen molar-refractivity contribution in [2.24, 2.45) is 0 Å². The van der Waals surface area contributed by atoms with Gasteiger partial charge in [-0.3, -0.25) is 0 Å². The zero-order valence-corrected chi connectivity index (χ0v) is 12.8. The molecule has 0 aliphatic rings. The number of carbonyl (C=O) groups is 1. The normalized spacial score (nSPS) is 12.1. The van der Waals surface area contributed by atoms with E-state index in [0.29, 0.717) is 22.3 Å². The summed E-state index contributed by atoms with van der Waals surface area (Å²) in [7, 11) is 0. The molecule has 0 fully saturated rings. The van der Waals surface area contributed by atoms with E-state index in [1.165, 1.54) is 4.52 Å². The first kappa shape index (κ1) is 15.0. The average molecular weight is 333 g/mol. The number of hydrogen-bond donors (Lipinski definition) is 3. The third-order valence-corrected chi connectivity index (χ3v) is 3.35. The molecule has 0 aliphatic heterocycles. The molecule has 118 valence electrons. The van der Waals surface area contributed by atoms with Crippen LogP contribution in [0.3, 0.4) is 0 Å². The van der Waals surface area contributed by atoms with Gasteiger partial charge in [0.15, 0.2) is 17.3 Å². The molecule has 1 amide bonds. The monoisotopic (exact) mass is 332 g/mol. The molecule has 0 aliphatic carbocycles. The smallest absolute Gasteiger partial charge is 0.405 e. The van der Waals surface area contributed by atoms with Crippen molar-refractivity contribution in [2.45, 2.75) is 13.0 Å². The lowest BCUT2D eigenvalue weighted by molar-refractivity contribution is 0.190. The van der Waals surface area contributed by atoms with E-state index in [9.17, 15) is 4.79 Å². The molecule has 8 nitrogen and oxygen atoms in total. The molecule has 2 heterocycles. The minimum atomic E-state index is -1.14. The predicted octanol–water partition coefficient (Wildman–Crippen LogP) is 2.85. The van der Waals surface area contributed by atoms with Crippen molar-refractivity contribution < 1.29 is 9.90 Å². The van der Waals surface area contributed by atoms with Crippen LogP contribution in [0.25, 0.3) is 5.65 Å². The maximum Gasteiger partial charge on any atom is 0.405 e. The first-order valence-electron chi connectivity index (χ1n) is 6.77. The second kappa shape index (κ2) is 6.09. The van der Waals surface area contributed by atoms with Crippen molar-refractivity contribution in [3.05, 3.63) is 47.2 Å². The molecule has 1 aromatic carbocycles. The molecule has 0 saturated carbocycles. The van der Waals surface area contributed by atoms with Crippen LogP contribution >= 0.6 is 11.6 Å². The number of halogens is 1. The lowest BCUT2D eigenvalue weighted by atomic mass is 10.3. The van der Waals surface area contributed by atoms with Gasteiger partial charge in [0.1, 0.15) is 0 Å². The first-order chi connectivity index (χ1) is 11.0. The van der Waals surface area contributed by atoms with Gasteiger partial charge in [0.25, 0.3) is 0 Å². The summed E-state index contributed by atoms with van der Waals surface area (Å²) in [4.78, 5) is 10.8. The summed E-state index contributed by atoms with van der Waals surface area (Å²) in [6, 6.07) is 10.2. The van der Waals surface area contributed by atoms with Crippen LogP contribution in [0.2, 0.25) is 5.02 Å². The van der Waals surface area contributed by atoms with Crippen LogP contribution in [0, 0.1) is 0 Å². The number of nitrogens with zero attached hydrogens (tertiary/aromatic N) is 4. The molecule has 0 unspecified atom stereocenters. The Bertz CT molecular complexity index is 865. The zero-order valence-electron chi connectivity index (χ0n) is 12.1. The summed E-state index contributed by atoms with van der Waals surface area (Å²) in [5.41, 5.74) is 1.31. The number of anilines is 2. The maximum atomic E-state index is 10.8. The minimum absolute atomic E-state index is 0.400. The lowest BCUT2D eigenvalue weighted by Crippen LogP contribution is -2.26.